The van der Waals surface area contributed by atoms with Crippen LogP contribution in [0.5, 0.6) is 0 Å². The van der Waals surface area contributed by atoms with E-state index in [1.807, 2.05) is 0 Å². The van der Waals surface area contributed by atoms with Crippen LogP contribution >= 0.6 is 0 Å². The zero-order valence-electron chi connectivity index (χ0n) is 8.69. The number of alkyl halides is 3. The number of nitro groups is 1. The predicted molar refractivity (Wildman–Crippen MR) is 52.8 cm³/mol. The topological polar surface area (TPSA) is 84.0 Å². The van der Waals surface area contributed by atoms with Crippen molar-refractivity contribution < 1.29 is 22.9 Å². The van der Waals surface area contributed by atoms with E-state index in [0.717, 1.165) is 0 Å². The lowest BCUT2D eigenvalue weighted by molar-refractivity contribution is -0.385. The summed E-state index contributed by atoms with van der Waals surface area (Å²) in [5.74, 6) is 0. The number of benzene rings is 1. The maximum absolute atomic E-state index is 12.5. The molecule has 0 saturated carbocycles. The smallest absolute Gasteiger partial charge is 0.298 e. The van der Waals surface area contributed by atoms with Crippen molar-refractivity contribution in [1.29, 1.82) is 5.26 Å². The molecule has 0 saturated heterocycles. The van der Waals surface area contributed by atoms with Crippen molar-refractivity contribution in [3.05, 3.63) is 38.9 Å². The van der Waals surface area contributed by atoms with Gasteiger partial charge in [0.1, 0.15) is 0 Å². The van der Waals surface area contributed by atoms with Gasteiger partial charge in [-0.1, -0.05) is 0 Å². The van der Waals surface area contributed by atoms with E-state index in [1.54, 1.807) is 6.07 Å². The van der Waals surface area contributed by atoms with E-state index >= 15 is 0 Å². The lowest BCUT2D eigenvalue weighted by Gasteiger charge is -2.09. The van der Waals surface area contributed by atoms with Gasteiger partial charge in [0, 0.05) is 6.07 Å². The van der Waals surface area contributed by atoms with Gasteiger partial charge in [0.25, 0.3) is 5.69 Å². The number of carbonyl (C=O) groups excluding carboxylic acids is 1. The molecule has 0 heterocycles. The zero-order chi connectivity index (χ0) is 13.9. The minimum atomic E-state index is -4.78. The van der Waals surface area contributed by atoms with Crippen LogP contribution in [0.4, 0.5) is 18.9 Å². The molecule has 0 radical (unpaired) electrons. The third-order valence-corrected chi connectivity index (χ3v) is 2.16. The van der Waals surface area contributed by atoms with Crippen LogP contribution in [-0.4, -0.2) is 11.2 Å². The highest BCUT2D eigenvalue weighted by Gasteiger charge is 2.34. The van der Waals surface area contributed by atoms with Crippen molar-refractivity contribution in [2.45, 2.75) is 12.6 Å². The second-order valence-electron chi connectivity index (χ2n) is 3.28. The molecule has 0 aliphatic rings. The van der Waals surface area contributed by atoms with Crippen LogP contribution in [0.2, 0.25) is 0 Å². The molecular formula is C10H5F3N2O3. The van der Waals surface area contributed by atoms with Gasteiger partial charge in [0.05, 0.1) is 28.5 Å². The van der Waals surface area contributed by atoms with Crippen LogP contribution in [0.15, 0.2) is 12.1 Å². The van der Waals surface area contributed by atoms with Crippen LogP contribution in [0, 0.1) is 21.4 Å². The fourth-order valence-electron chi connectivity index (χ4n) is 1.38. The zero-order valence-corrected chi connectivity index (χ0v) is 8.69. The van der Waals surface area contributed by atoms with E-state index in [-0.39, 0.29) is 17.9 Å². The molecule has 0 N–H and O–H groups in total. The number of hydrogen-bond donors (Lipinski definition) is 0. The Morgan fingerprint density at radius 1 is 1.44 bits per heavy atom. The van der Waals surface area contributed by atoms with Gasteiger partial charge in [-0.05, 0) is 11.6 Å². The third-order valence-electron chi connectivity index (χ3n) is 2.16. The molecule has 5 nitrogen and oxygen atoms in total. The Balaban J connectivity index is 3.60. The van der Waals surface area contributed by atoms with Crippen molar-refractivity contribution in [3.63, 3.8) is 0 Å². The molecular weight excluding hydrogens is 253 g/mol. The number of nitrogens with zero attached hydrogens (tertiary/aromatic N) is 2. The van der Waals surface area contributed by atoms with Crippen molar-refractivity contribution in [1.82, 2.24) is 0 Å². The lowest BCUT2D eigenvalue weighted by Crippen LogP contribution is -2.09. The Morgan fingerprint density at radius 3 is 2.44 bits per heavy atom. The first-order valence-corrected chi connectivity index (χ1v) is 4.52. The first-order chi connectivity index (χ1) is 8.31. The van der Waals surface area contributed by atoms with Crippen molar-refractivity contribution in [3.8, 4) is 6.07 Å². The highest BCUT2D eigenvalue weighted by Crippen LogP contribution is 2.34. The van der Waals surface area contributed by atoms with E-state index in [2.05, 4.69) is 0 Å². The Labute approximate surface area is 98.6 Å². The molecule has 18 heavy (non-hydrogen) atoms. The minimum Gasteiger partial charge on any atom is -0.298 e. The van der Waals surface area contributed by atoms with Gasteiger partial charge in [-0.15, -0.1) is 0 Å². The van der Waals surface area contributed by atoms with Gasteiger partial charge in [-0.25, -0.2) is 0 Å². The summed E-state index contributed by atoms with van der Waals surface area (Å²) in [5, 5.41) is 19.1. The standard InChI is InChI=1S/C10H5F3N2O3/c11-10(12,13)7-3-6(1-2-14)8(5-16)9(4-7)15(17)18/h3-5H,1H2. The molecule has 0 bridgehead atoms. The summed E-state index contributed by atoms with van der Waals surface area (Å²) in [7, 11) is 0. The Morgan fingerprint density at radius 2 is 2.06 bits per heavy atom. The Hall–Kier alpha value is -2.43. The van der Waals surface area contributed by atoms with Gasteiger partial charge in [0.15, 0.2) is 6.29 Å². The number of nitriles is 1. The molecule has 1 rings (SSSR count). The quantitative estimate of drug-likeness (QED) is 0.473. The molecule has 0 fully saturated rings. The maximum atomic E-state index is 12.5. The first kappa shape index (κ1) is 13.6. The second kappa shape index (κ2) is 4.83. The van der Waals surface area contributed by atoms with E-state index in [1.165, 1.54) is 0 Å². The summed E-state index contributed by atoms with van der Waals surface area (Å²) >= 11 is 0. The number of nitro benzene ring substituents is 1. The normalized spacial score (nSPS) is 10.8. The van der Waals surface area contributed by atoms with Crippen LogP contribution in [-0.2, 0) is 12.6 Å². The van der Waals surface area contributed by atoms with Gasteiger partial charge >= 0.3 is 6.18 Å². The van der Waals surface area contributed by atoms with E-state index < -0.39 is 34.3 Å². The molecule has 0 spiro atoms. The second-order valence-corrected chi connectivity index (χ2v) is 3.28. The average molecular weight is 258 g/mol. The van der Waals surface area contributed by atoms with E-state index in [9.17, 15) is 28.1 Å². The number of aldehydes is 1. The fourth-order valence-corrected chi connectivity index (χ4v) is 1.38. The molecule has 1 aromatic carbocycles. The summed E-state index contributed by atoms with van der Waals surface area (Å²) < 4.78 is 37.5. The van der Waals surface area contributed by atoms with Crippen LogP contribution in [0.1, 0.15) is 21.5 Å². The summed E-state index contributed by atoms with van der Waals surface area (Å²) in [6.45, 7) is 0. The van der Waals surface area contributed by atoms with Gasteiger partial charge in [-0.3, -0.25) is 14.9 Å². The van der Waals surface area contributed by atoms with Crippen LogP contribution < -0.4 is 0 Å². The summed E-state index contributed by atoms with van der Waals surface area (Å²) in [5.41, 5.74) is -3.03. The number of halogens is 3. The average Bonchev–Trinajstić information content (AvgIpc) is 2.27. The molecule has 0 aromatic heterocycles. The lowest BCUT2D eigenvalue weighted by atomic mass is 10.00. The molecule has 1 aromatic rings. The van der Waals surface area contributed by atoms with Crippen molar-refractivity contribution in [2.75, 3.05) is 0 Å². The van der Waals surface area contributed by atoms with Crippen LogP contribution in [0.3, 0.4) is 0 Å². The molecule has 0 atom stereocenters. The molecule has 0 aliphatic carbocycles. The van der Waals surface area contributed by atoms with E-state index in [4.69, 9.17) is 5.26 Å². The van der Waals surface area contributed by atoms with Gasteiger partial charge < -0.3 is 0 Å². The molecule has 8 heteroatoms. The molecule has 94 valence electrons. The monoisotopic (exact) mass is 258 g/mol. The first-order valence-electron chi connectivity index (χ1n) is 4.52. The number of hydrogen-bond acceptors (Lipinski definition) is 4. The predicted octanol–water partition coefficient (Wildman–Crippen LogP) is 2.49. The molecule has 0 aliphatic heterocycles. The minimum absolute atomic E-state index is 0.0744. The number of rotatable bonds is 3. The maximum Gasteiger partial charge on any atom is 0.416 e. The van der Waals surface area contributed by atoms with E-state index in [0.29, 0.717) is 6.07 Å². The van der Waals surface area contributed by atoms with Gasteiger partial charge in [0.2, 0.25) is 0 Å². The Bertz CT molecular complexity index is 547. The SMILES string of the molecule is N#CCc1cc(C(F)(F)F)cc([N+](=O)[O-])c1C=O. The van der Waals surface area contributed by atoms with Crippen molar-refractivity contribution in [2.24, 2.45) is 0 Å². The fraction of sp³-hybridized carbons (Fsp3) is 0.200. The van der Waals surface area contributed by atoms with Crippen LogP contribution in [0.25, 0.3) is 0 Å². The van der Waals surface area contributed by atoms with Crippen molar-refractivity contribution >= 4 is 12.0 Å². The summed E-state index contributed by atoms with van der Waals surface area (Å²) in [6, 6.07) is 2.41. The highest BCUT2D eigenvalue weighted by atomic mass is 19.4. The molecule has 0 amide bonds. The van der Waals surface area contributed by atoms with Gasteiger partial charge in [-0.2, -0.15) is 18.4 Å². The third kappa shape index (κ3) is 2.63. The summed E-state index contributed by atoms with van der Waals surface area (Å²) in [6.07, 6.45) is -5.22. The largest absolute Gasteiger partial charge is 0.416 e. The molecule has 0 unspecified atom stereocenters. The highest BCUT2D eigenvalue weighted by molar-refractivity contribution is 5.84. The number of carbonyl (C=O) groups is 1. The Kier molecular flexibility index (Phi) is 3.66. The summed E-state index contributed by atoms with van der Waals surface area (Å²) in [4.78, 5) is 20.2.